The Kier molecular flexibility index (Phi) is 4.50. The first-order valence-corrected chi connectivity index (χ1v) is 8.03. The molecule has 2 aromatic rings. The van der Waals surface area contributed by atoms with E-state index in [0.29, 0.717) is 16.8 Å². The van der Waals surface area contributed by atoms with E-state index < -0.39 is 17.6 Å². The van der Waals surface area contributed by atoms with Gasteiger partial charge >= 0.3 is 6.18 Å². The summed E-state index contributed by atoms with van der Waals surface area (Å²) in [4.78, 5) is 13.5. The number of carbonyl (C=O) groups is 1. The van der Waals surface area contributed by atoms with Crippen LogP contribution in [0.1, 0.15) is 23.6 Å². The van der Waals surface area contributed by atoms with Gasteiger partial charge in [-0.15, -0.1) is 11.6 Å². The summed E-state index contributed by atoms with van der Waals surface area (Å²) in [6.45, 7) is 1.80. The van der Waals surface area contributed by atoms with Gasteiger partial charge in [-0.1, -0.05) is 12.1 Å². The Labute approximate surface area is 151 Å². The monoisotopic (exact) mass is 380 g/mol. The van der Waals surface area contributed by atoms with Crippen LogP contribution in [0, 0.1) is 11.3 Å². The molecule has 0 radical (unpaired) electrons. The molecule has 0 saturated carbocycles. The number of halogens is 4. The van der Waals surface area contributed by atoms with E-state index in [1.807, 2.05) is 6.07 Å². The molecule has 0 unspecified atom stereocenters. The maximum atomic E-state index is 13.1. The molecule has 5 nitrogen and oxygen atoms in total. The molecular formula is C17H12ClF3N4O. The van der Waals surface area contributed by atoms with Crippen LogP contribution in [0.5, 0.6) is 0 Å². The minimum atomic E-state index is -4.48. The van der Waals surface area contributed by atoms with Crippen molar-refractivity contribution in [3.05, 3.63) is 52.7 Å². The van der Waals surface area contributed by atoms with Crippen molar-refractivity contribution in [2.24, 2.45) is 0 Å². The Hall–Kier alpha value is -2.79. The number of hydrogen-bond donors (Lipinski definition) is 0. The number of rotatable bonds is 2. The number of benzene rings is 1. The molecule has 0 spiro atoms. The van der Waals surface area contributed by atoms with Gasteiger partial charge in [0.15, 0.2) is 5.82 Å². The fourth-order valence-electron chi connectivity index (χ4n) is 2.90. The first-order chi connectivity index (χ1) is 12.3. The average Bonchev–Trinajstić information content (AvgIpc) is 3.03. The van der Waals surface area contributed by atoms with Crippen LogP contribution < -0.4 is 4.90 Å². The van der Waals surface area contributed by atoms with Gasteiger partial charge < -0.3 is 0 Å². The lowest BCUT2D eigenvalue weighted by atomic mass is 10.0. The van der Waals surface area contributed by atoms with Gasteiger partial charge in [0.05, 0.1) is 24.0 Å². The number of nitrogens with zero attached hydrogens (tertiary/aromatic N) is 4. The third-order valence-corrected chi connectivity index (χ3v) is 4.24. The predicted molar refractivity (Wildman–Crippen MR) is 89.5 cm³/mol. The Balaban J connectivity index is 2.20. The van der Waals surface area contributed by atoms with Crippen LogP contribution in [-0.2, 0) is 11.0 Å². The van der Waals surface area contributed by atoms with Crippen molar-refractivity contribution < 1.29 is 18.0 Å². The average molecular weight is 381 g/mol. The van der Waals surface area contributed by atoms with Gasteiger partial charge in [0, 0.05) is 5.56 Å². The molecule has 1 aliphatic heterocycles. The van der Waals surface area contributed by atoms with Crippen molar-refractivity contribution in [1.29, 1.82) is 5.26 Å². The molecule has 134 valence electrons. The van der Waals surface area contributed by atoms with Crippen LogP contribution >= 0.6 is 11.6 Å². The maximum Gasteiger partial charge on any atom is 0.416 e. The molecule has 1 amide bonds. The topological polar surface area (TPSA) is 61.9 Å². The van der Waals surface area contributed by atoms with Crippen molar-refractivity contribution in [3.63, 3.8) is 0 Å². The molecule has 3 rings (SSSR count). The van der Waals surface area contributed by atoms with E-state index in [0.717, 1.165) is 12.1 Å². The Morgan fingerprint density at radius 3 is 2.77 bits per heavy atom. The summed E-state index contributed by atoms with van der Waals surface area (Å²) in [7, 11) is 0. The van der Waals surface area contributed by atoms with Crippen LogP contribution in [0.15, 0.2) is 36.0 Å². The Bertz CT molecular complexity index is 956. The van der Waals surface area contributed by atoms with Gasteiger partial charge in [0.2, 0.25) is 5.91 Å². The molecule has 2 heterocycles. The summed E-state index contributed by atoms with van der Waals surface area (Å²) < 4.78 is 40.5. The molecule has 0 saturated heterocycles. The molecule has 0 aliphatic carbocycles. The van der Waals surface area contributed by atoms with Crippen LogP contribution in [0.25, 0.3) is 5.70 Å². The lowest BCUT2D eigenvalue weighted by molar-refractivity contribution is -0.137. The molecule has 1 aromatic carbocycles. The smallest absolute Gasteiger partial charge is 0.290 e. The minimum Gasteiger partial charge on any atom is -0.290 e. The van der Waals surface area contributed by atoms with Gasteiger partial charge in [-0.25, -0.2) is 4.68 Å². The van der Waals surface area contributed by atoms with Crippen LogP contribution in [0.3, 0.4) is 0 Å². The second-order valence-corrected chi connectivity index (χ2v) is 5.99. The Morgan fingerprint density at radius 1 is 1.42 bits per heavy atom. The van der Waals surface area contributed by atoms with Gasteiger partial charge in [-0.05, 0) is 24.6 Å². The summed E-state index contributed by atoms with van der Waals surface area (Å²) in [5.41, 5.74) is 0.683. The number of fused-ring (bicyclic) bond motifs is 1. The molecule has 0 bridgehead atoms. The lowest BCUT2D eigenvalue weighted by Crippen LogP contribution is -2.38. The Morgan fingerprint density at radius 2 is 2.15 bits per heavy atom. The standard InChI is InChI=1S/C17H12ClF3N4O/c1-10-9-24(14(26)6-18)16-12(7-22)8-23-25(16)15(10)11-3-2-4-13(5-11)17(19,20)21/h2-5,8H,6,9H2,1H3. The van der Waals surface area contributed by atoms with E-state index in [2.05, 4.69) is 5.10 Å². The highest BCUT2D eigenvalue weighted by Gasteiger charge is 2.33. The molecule has 0 N–H and O–H groups in total. The lowest BCUT2D eigenvalue weighted by Gasteiger charge is -2.30. The predicted octanol–water partition coefficient (Wildman–Crippen LogP) is 3.64. The van der Waals surface area contributed by atoms with Crippen LogP contribution in [0.2, 0.25) is 0 Å². The zero-order chi connectivity index (χ0) is 19.1. The van der Waals surface area contributed by atoms with Crippen LogP contribution in [0.4, 0.5) is 19.0 Å². The number of alkyl halides is 4. The third kappa shape index (κ3) is 2.95. The van der Waals surface area contributed by atoms with E-state index in [1.54, 1.807) is 6.92 Å². The highest BCUT2D eigenvalue weighted by Crippen LogP contribution is 2.36. The molecule has 0 atom stereocenters. The highest BCUT2D eigenvalue weighted by molar-refractivity contribution is 6.29. The third-order valence-electron chi connectivity index (χ3n) is 4.01. The molecule has 1 aromatic heterocycles. The van der Waals surface area contributed by atoms with Gasteiger partial charge in [-0.3, -0.25) is 9.69 Å². The molecule has 1 aliphatic rings. The zero-order valence-electron chi connectivity index (χ0n) is 13.5. The summed E-state index contributed by atoms with van der Waals surface area (Å²) in [6.07, 6.45) is -3.21. The highest BCUT2D eigenvalue weighted by atomic mass is 35.5. The number of anilines is 1. The number of carbonyl (C=O) groups excluding carboxylic acids is 1. The summed E-state index contributed by atoms with van der Waals surface area (Å²) in [6, 6.07) is 6.79. The van der Waals surface area contributed by atoms with Crippen molar-refractivity contribution >= 4 is 29.0 Å². The first-order valence-electron chi connectivity index (χ1n) is 7.50. The number of hydrogen-bond acceptors (Lipinski definition) is 3. The van der Waals surface area contributed by atoms with E-state index in [-0.39, 0.29) is 23.8 Å². The molecular weight excluding hydrogens is 369 g/mol. The second-order valence-electron chi connectivity index (χ2n) is 5.73. The van der Waals surface area contributed by atoms with Crippen LogP contribution in [-0.4, -0.2) is 28.1 Å². The SMILES string of the molecule is CC1=C(c2cccc(C(F)(F)F)c2)n2ncc(C#N)c2N(C(=O)CCl)C1. The maximum absolute atomic E-state index is 13.1. The zero-order valence-corrected chi connectivity index (χ0v) is 14.3. The van der Waals surface area contributed by atoms with Crippen molar-refractivity contribution in [2.45, 2.75) is 13.1 Å². The van der Waals surface area contributed by atoms with E-state index in [9.17, 15) is 23.2 Å². The van der Waals surface area contributed by atoms with Crippen molar-refractivity contribution in [2.75, 3.05) is 17.3 Å². The summed E-state index contributed by atoms with van der Waals surface area (Å²) in [5, 5.41) is 13.4. The summed E-state index contributed by atoms with van der Waals surface area (Å²) >= 11 is 5.64. The van der Waals surface area contributed by atoms with E-state index in [1.165, 1.54) is 27.9 Å². The number of nitriles is 1. The number of amides is 1. The molecule has 26 heavy (non-hydrogen) atoms. The van der Waals surface area contributed by atoms with Gasteiger partial charge in [-0.2, -0.15) is 23.5 Å². The van der Waals surface area contributed by atoms with E-state index >= 15 is 0 Å². The normalized spacial score (nSPS) is 14.2. The second kappa shape index (κ2) is 6.50. The fraction of sp³-hybridized carbons (Fsp3) is 0.235. The first kappa shape index (κ1) is 18.0. The van der Waals surface area contributed by atoms with Crippen molar-refractivity contribution in [1.82, 2.24) is 9.78 Å². The number of aromatic nitrogens is 2. The fourth-order valence-corrected chi connectivity index (χ4v) is 3.05. The molecule has 0 fully saturated rings. The quantitative estimate of drug-likeness (QED) is 0.747. The largest absolute Gasteiger partial charge is 0.416 e. The van der Waals surface area contributed by atoms with Crippen molar-refractivity contribution in [3.8, 4) is 6.07 Å². The van der Waals surface area contributed by atoms with Gasteiger partial charge in [0.25, 0.3) is 0 Å². The summed E-state index contributed by atoms with van der Waals surface area (Å²) in [5.74, 6) is -0.508. The van der Waals surface area contributed by atoms with Gasteiger partial charge in [0.1, 0.15) is 17.5 Å². The molecule has 9 heteroatoms. The van der Waals surface area contributed by atoms with E-state index in [4.69, 9.17) is 11.6 Å². The minimum absolute atomic E-state index is 0.109.